The number of ketones is 2. The molecule has 0 heterocycles. The van der Waals surface area contributed by atoms with Gasteiger partial charge in [0.25, 0.3) is 0 Å². The van der Waals surface area contributed by atoms with Gasteiger partial charge in [-0.15, -0.1) is 0 Å². The number of hydrogen-bond acceptors (Lipinski definition) is 8. The fourth-order valence-electron chi connectivity index (χ4n) is 16.4. The first-order chi connectivity index (χ1) is 28.2. The Balaban J connectivity index is 0.000000181. The molecule has 2 N–H and O–H groups in total. The van der Waals surface area contributed by atoms with Crippen LogP contribution < -0.4 is 0 Å². The summed E-state index contributed by atoms with van der Waals surface area (Å²) in [7, 11) is 2.88. The van der Waals surface area contributed by atoms with E-state index in [-0.39, 0.29) is 82.0 Å². The van der Waals surface area contributed by atoms with Gasteiger partial charge in [-0.05, 0) is 176 Å². The zero-order valence-corrected chi connectivity index (χ0v) is 37.7. The molecule has 6 saturated carbocycles. The van der Waals surface area contributed by atoms with E-state index in [1.54, 1.807) is 12.2 Å². The smallest absolute Gasteiger partial charge is 0.305 e. The van der Waals surface area contributed by atoms with E-state index in [1.165, 1.54) is 14.2 Å². The van der Waals surface area contributed by atoms with Crippen molar-refractivity contribution in [2.24, 2.45) is 92.7 Å². The van der Waals surface area contributed by atoms with Gasteiger partial charge in [-0.3, -0.25) is 19.2 Å². The maximum absolute atomic E-state index is 14.5. The molecule has 60 heavy (non-hydrogen) atoms. The van der Waals surface area contributed by atoms with Crippen LogP contribution in [-0.4, -0.2) is 60.1 Å². The molecule has 0 bridgehead atoms. The van der Waals surface area contributed by atoms with Crippen LogP contribution in [0.2, 0.25) is 0 Å². The molecule has 0 spiro atoms. The summed E-state index contributed by atoms with van der Waals surface area (Å²) in [5.41, 5.74) is -0.421. The van der Waals surface area contributed by atoms with E-state index >= 15 is 0 Å². The Bertz CT molecular complexity index is 1740. The minimum Gasteiger partial charge on any atom is -0.469 e. The van der Waals surface area contributed by atoms with E-state index in [9.17, 15) is 38.2 Å². The fraction of sp³-hybridized carbons (Fsp3) is 0.840. The van der Waals surface area contributed by atoms with Gasteiger partial charge in [0.1, 0.15) is 17.7 Å². The molecule has 8 aliphatic rings. The standard InChI is InChI=1S/C25H39FO4.C25H35FO4/c2*1-14(5-8-22(29)30-4)16-6-7-17-23-18(9-10-24(16,17)2)25(3)13-19(26)20(27)11-15(25)12-21(23)28/h13-18,20-21,23,27-28H,5-12H2,1-4H3;13-18,23H,5-12H2,1-4H3/t14-,15+,16-,17?,18?,20-,21+,23?,24-,25+;14-,15+,16-,17?,18?,23?,24-,25+/m11/s1. The molecule has 10 heteroatoms. The highest BCUT2D eigenvalue weighted by atomic mass is 19.1. The van der Waals surface area contributed by atoms with Gasteiger partial charge in [-0.1, -0.05) is 41.5 Å². The maximum atomic E-state index is 14.5. The minimum atomic E-state index is -1.01. The Morgan fingerprint density at radius 1 is 0.717 bits per heavy atom. The summed E-state index contributed by atoms with van der Waals surface area (Å²) in [5.74, 6) is 1.89. The van der Waals surface area contributed by atoms with Crippen LogP contribution >= 0.6 is 0 Å². The number of ether oxygens (including phenoxy) is 2. The number of carbonyl (C=O) groups excluding carboxylic acids is 4. The molecule has 18 atom stereocenters. The number of fused-ring (bicyclic) bond motifs is 10. The number of aliphatic hydroxyl groups excluding tert-OH is 2. The van der Waals surface area contributed by atoms with Crippen molar-refractivity contribution in [2.75, 3.05) is 14.2 Å². The first-order valence-corrected chi connectivity index (χ1v) is 23.6. The third kappa shape index (κ3) is 7.59. The van der Waals surface area contributed by atoms with E-state index in [2.05, 4.69) is 41.5 Å². The van der Waals surface area contributed by atoms with Gasteiger partial charge in [0.2, 0.25) is 0 Å². The third-order valence-corrected chi connectivity index (χ3v) is 19.7. The normalized spacial score (nSPS) is 46.3. The molecular formula is C50H74F2O8. The molecule has 0 aromatic carbocycles. The maximum Gasteiger partial charge on any atom is 0.305 e. The number of hydrogen-bond donors (Lipinski definition) is 2. The van der Waals surface area contributed by atoms with E-state index in [0.29, 0.717) is 73.4 Å². The van der Waals surface area contributed by atoms with Crippen LogP contribution in [0.5, 0.6) is 0 Å². The van der Waals surface area contributed by atoms with Gasteiger partial charge in [-0.25, -0.2) is 8.78 Å². The number of halogens is 2. The molecule has 6 fully saturated rings. The third-order valence-electron chi connectivity index (χ3n) is 19.7. The van der Waals surface area contributed by atoms with Crippen molar-refractivity contribution in [3.05, 3.63) is 23.8 Å². The molecule has 0 aromatic heterocycles. The van der Waals surface area contributed by atoms with Crippen molar-refractivity contribution in [2.45, 2.75) is 156 Å². The van der Waals surface area contributed by atoms with Crippen LogP contribution in [0.3, 0.4) is 0 Å². The predicted molar refractivity (Wildman–Crippen MR) is 224 cm³/mol. The van der Waals surface area contributed by atoms with Crippen LogP contribution in [0, 0.1) is 92.7 Å². The van der Waals surface area contributed by atoms with E-state index in [1.807, 2.05) is 0 Å². The molecule has 8 rings (SSSR count). The van der Waals surface area contributed by atoms with Crippen molar-refractivity contribution in [3.63, 3.8) is 0 Å². The van der Waals surface area contributed by atoms with Gasteiger partial charge in [0.15, 0.2) is 11.6 Å². The fourth-order valence-corrected chi connectivity index (χ4v) is 16.4. The first-order valence-electron chi connectivity index (χ1n) is 23.6. The summed E-state index contributed by atoms with van der Waals surface area (Å²) in [4.78, 5) is 48.5. The number of allylic oxidation sites excluding steroid dienone is 3. The minimum absolute atomic E-state index is 0.0277. The molecule has 336 valence electrons. The number of rotatable bonds is 8. The topological polar surface area (TPSA) is 127 Å². The Morgan fingerprint density at radius 3 is 1.83 bits per heavy atom. The highest BCUT2D eigenvalue weighted by Gasteiger charge is 2.64. The highest BCUT2D eigenvalue weighted by Crippen LogP contribution is 2.69. The number of esters is 2. The van der Waals surface area contributed by atoms with Gasteiger partial charge in [0.05, 0.1) is 20.3 Å². The van der Waals surface area contributed by atoms with Gasteiger partial charge in [0, 0.05) is 31.6 Å². The second kappa shape index (κ2) is 16.9. The van der Waals surface area contributed by atoms with Crippen molar-refractivity contribution >= 4 is 23.5 Å². The van der Waals surface area contributed by atoms with E-state index < -0.39 is 23.1 Å². The lowest BCUT2D eigenvalue weighted by atomic mass is 9.44. The van der Waals surface area contributed by atoms with Gasteiger partial charge in [-0.2, -0.15) is 0 Å². The van der Waals surface area contributed by atoms with Crippen LogP contribution in [0.15, 0.2) is 23.8 Å². The van der Waals surface area contributed by atoms with Crippen LogP contribution in [0.25, 0.3) is 0 Å². The largest absolute Gasteiger partial charge is 0.469 e. The summed E-state index contributed by atoms with van der Waals surface area (Å²) in [6.45, 7) is 13.5. The Labute approximate surface area is 357 Å². The molecule has 0 amide bonds. The second-order valence-electron chi connectivity index (χ2n) is 22.2. The summed E-state index contributed by atoms with van der Waals surface area (Å²) in [6.07, 6.45) is 14.5. The summed E-state index contributed by atoms with van der Waals surface area (Å²) < 4.78 is 38.4. The molecule has 0 radical (unpaired) electrons. The summed E-state index contributed by atoms with van der Waals surface area (Å²) in [5, 5.41) is 21.3. The van der Waals surface area contributed by atoms with E-state index in [4.69, 9.17) is 9.47 Å². The van der Waals surface area contributed by atoms with Crippen LogP contribution in [0.1, 0.15) is 144 Å². The second-order valence-corrected chi connectivity index (χ2v) is 22.2. The predicted octanol–water partition coefficient (Wildman–Crippen LogP) is 9.70. The molecule has 8 aliphatic carbocycles. The monoisotopic (exact) mass is 841 g/mol. The first kappa shape index (κ1) is 45.6. The quantitative estimate of drug-likeness (QED) is 0.232. The van der Waals surface area contributed by atoms with Gasteiger partial charge < -0.3 is 19.7 Å². The molecular weight excluding hydrogens is 767 g/mol. The number of carbonyl (C=O) groups is 4. The molecule has 0 aliphatic heterocycles. The molecule has 6 unspecified atom stereocenters. The van der Waals surface area contributed by atoms with Gasteiger partial charge >= 0.3 is 11.9 Å². The van der Waals surface area contributed by atoms with Crippen molar-refractivity contribution < 1.29 is 47.6 Å². The summed E-state index contributed by atoms with van der Waals surface area (Å²) in [6, 6.07) is 0. The van der Waals surface area contributed by atoms with Crippen molar-refractivity contribution in [1.82, 2.24) is 0 Å². The zero-order chi connectivity index (χ0) is 43.7. The molecule has 0 saturated heterocycles. The summed E-state index contributed by atoms with van der Waals surface area (Å²) >= 11 is 0. The average Bonchev–Trinajstić information content (AvgIpc) is 3.75. The molecule has 0 aromatic rings. The van der Waals surface area contributed by atoms with E-state index in [0.717, 1.165) is 64.2 Å². The van der Waals surface area contributed by atoms with Crippen LogP contribution in [-0.2, 0) is 28.7 Å². The lowest BCUT2D eigenvalue weighted by molar-refractivity contribution is -0.150. The number of methoxy groups -OCH3 is 2. The average molecular weight is 841 g/mol. The SMILES string of the molecule is COC(=O)CC[C@@H](C)[C@H]1CCC2C3C(=O)C[C@@H]4CC(=O)C(F)=C[C@]4(C)C3CC[C@@]21C.COC(=O)CC[C@@H](C)[C@H]1CCC2C3C(CC[C@@]21C)[C@@]1(C)C=C(F)[C@H](O)C[C@H]1C[C@@H]3O. The Hall–Kier alpha value is -2.46. The van der Waals surface area contributed by atoms with Crippen molar-refractivity contribution in [3.8, 4) is 0 Å². The highest BCUT2D eigenvalue weighted by molar-refractivity contribution is 5.95. The zero-order valence-electron chi connectivity index (χ0n) is 37.7. The number of Topliss-reactive ketones (excluding diaryl/α,β-unsaturated/α-hetero) is 2. The van der Waals surface area contributed by atoms with Crippen LogP contribution in [0.4, 0.5) is 8.78 Å². The Morgan fingerprint density at radius 2 is 1.25 bits per heavy atom. The lowest BCUT2D eigenvalue weighted by Gasteiger charge is -2.61. The molecule has 8 nitrogen and oxygen atoms in total. The lowest BCUT2D eigenvalue weighted by Crippen LogP contribution is -2.58. The Kier molecular flexibility index (Phi) is 12.8. The van der Waals surface area contributed by atoms with Crippen molar-refractivity contribution in [1.29, 1.82) is 0 Å². The number of aliphatic hydroxyl groups is 2.